The van der Waals surface area contributed by atoms with E-state index in [1.54, 1.807) is 21.9 Å². The molecule has 0 unspecified atom stereocenters. The molecular weight excluding hydrogens is 454 g/mol. The quantitative estimate of drug-likeness (QED) is 0.683. The monoisotopic (exact) mass is 473 g/mol. The lowest BCUT2D eigenvalue weighted by Gasteiger charge is -2.36. The van der Waals surface area contributed by atoms with Gasteiger partial charge in [0.15, 0.2) is 0 Å². The lowest BCUT2D eigenvalue weighted by atomic mass is 10.1. The smallest absolute Gasteiger partial charge is 0.264 e. The van der Waals surface area contributed by atoms with Crippen molar-refractivity contribution in [1.82, 2.24) is 14.1 Å². The van der Waals surface area contributed by atoms with Gasteiger partial charge >= 0.3 is 0 Å². The molecule has 2 fully saturated rings. The molecule has 2 aliphatic heterocycles. The van der Waals surface area contributed by atoms with Crippen LogP contribution in [0.1, 0.15) is 22.5 Å². The molecule has 0 bridgehead atoms. The molecule has 2 aromatic rings. The van der Waals surface area contributed by atoms with E-state index in [9.17, 15) is 18.0 Å². The van der Waals surface area contributed by atoms with Crippen molar-refractivity contribution in [2.24, 2.45) is 0 Å². The van der Waals surface area contributed by atoms with Gasteiger partial charge in [-0.05, 0) is 36.4 Å². The molecule has 11 heteroatoms. The summed E-state index contributed by atoms with van der Waals surface area (Å²) in [7, 11) is -3.60. The molecule has 0 aromatic carbocycles. The first-order valence-corrected chi connectivity index (χ1v) is 12.8. The second-order valence-electron chi connectivity index (χ2n) is 6.92. The minimum atomic E-state index is -3.60. The number of nitrogens with zero attached hydrogens (tertiary/aromatic N) is 3. The van der Waals surface area contributed by atoms with Crippen LogP contribution in [0.2, 0.25) is 4.34 Å². The summed E-state index contributed by atoms with van der Waals surface area (Å²) < 4.78 is 27.5. The highest BCUT2D eigenvalue weighted by molar-refractivity contribution is 7.91. The van der Waals surface area contributed by atoms with Crippen LogP contribution < -0.4 is 0 Å². The Morgan fingerprint density at radius 2 is 1.83 bits per heavy atom. The molecule has 29 heavy (non-hydrogen) atoms. The van der Waals surface area contributed by atoms with E-state index in [0.29, 0.717) is 35.3 Å². The van der Waals surface area contributed by atoms with Crippen LogP contribution in [0, 0.1) is 0 Å². The first kappa shape index (κ1) is 20.8. The molecule has 156 valence electrons. The van der Waals surface area contributed by atoms with Gasteiger partial charge in [0.05, 0.1) is 9.21 Å². The zero-order valence-electron chi connectivity index (χ0n) is 15.5. The van der Waals surface area contributed by atoms with E-state index in [2.05, 4.69) is 0 Å². The van der Waals surface area contributed by atoms with E-state index in [4.69, 9.17) is 11.6 Å². The molecule has 1 atom stereocenters. The molecule has 2 amide bonds. The largest absolute Gasteiger partial charge is 0.338 e. The van der Waals surface area contributed by atoms with Gasteiger partial charge in [0, 0.05) is 32.7 Å². The Balaban J connectivity index is 1.40. The summed E-state index contributed by atoms with van der Waals surface area (Å²) in [4.78, 5) is 29.8. The molecule has 4 heterocycles. The Labute approximate surface area is 182 Å². The highest BCUT2D eigenvalue weighted by atomic mass is 35.5. The van der Waals surface area contributed by atoms with Crippen molar-refractivity contribution in [3.8, 4) is 0 Å². The first-order chi connectivity index (χ1) is 13.9. The molecule has 2 aliphatic rings. The number of hydrogen-bond donors (Lipinski definition) is 0. The van der Waals surface area contributed by atoms with E-state index >= 15 is 0 Å². The normalized spacial score (nSPS) is 20.9. The van der Waals surface area contributed by atoms with Crippen molar-refractivity contribution in [1.29, 1.82) is 0 Å². The highest BCUT2D eigenvalue weighted by Crippen LogP contribution is 2.29. The Morgan fingerprint density at radius 1 is 1.07 bits per heavy atom. The van der Waals surface area contributed by atoms with E-state index in [1.807, 2.05) is 11.4 Å². The van der Waals surface area contributed by atoms with Gasteiger partial charge in [0.1, 0.15) is 10.3 Å². The third-order valence-electron chi connectivity index (χ3n) is 5.22. The zero-order chi connectivity index (χ0) is 20.6. The molecule has 7 nitrogen and oxygen atoms in total. The van der Waals surface area contributed by atoms with Gasteiger partial charge in [-0.2, -0.15) is 4.31 Å². The third-order valence-corrected chi connectivity index (χ3v) is 9.68. The minimum Gasteiger partial charge on any atom is -0.338 e. The van der Waals surface area contributed by atoms with Gasteiger partial charge in [0.2, 0.25) is 5.91 Å². The maximum absolute atomic E-state index is 13.1. The zero-order valence-corrected chi connectivity index (χ0v) is 18.7. The number of piperazine rings is 1. The maximum atomic E-state index is 13.1. The SMILES string of the molecule is O=C([C@@H]1CCCN1C(=O)c1cccs1)N1CCN(S(=O)(=O)c2ccc(Cl)s2)CC1. The maximum Gasteiger partial charge on any atom is 0.264 e. The summed E-state index contributed by atoms with van der Waals surface area (Å²) in [5.74, 6) is -0.199. The van der Waals surface area contributed by atoms with Crippen molar-refractivity contribution in [2.75, 3.05) is 32.7 Å². The van der Waals surface area contributed by atoms with Crippen molar-refractivity contribution in [2.45, 2.75) is 23.1 Å². The molecule has 0 radical (unpaired) electrons. The van der Waals surface area contributed by atoms with Gasteiger partial charge in [-0.15, -0.1) is 22.7 Å². The topological polar surface area (TPSA) is 78.0 Å². The second-order valence-corrected chi connectivity index (χ2v) is 11.7. The predicted octanol–water partition coefficient (Wildman–Crippen LogP) is 2.60. The fourth-order valence-corrected chi connectivity index (χ4v) is 7.47. The van der Waals surface area contributed by atoms with Crippen LogP contribution in [-0.2, 0) is 14.8 Å². The Hall–Kier alpha value is -1.46. The molecule has 4 rings (SSSR count). The summed E-state index contributed by atoms with van der Waals surface area (Å²) in [6.45, 7) is 1.66. The lowest BCUT2D eigenvalue weighted by Crippen LogP contribution is -2.55. The predicted molar refractivity (Wildman–Crippen MR) is 113 cm³/mol. The van der Waals surface area contributed by atoms with Crippen LogP contribution in [0.5, 0.6) is 0 Å². The van der Waals surface area contributed by atoms with Crippen LogP contribution in [0.15, 0.2) is 33.9 Å². The molecule has 2 saturated heterocycles. The van der Waals surface area contributed by atoms with Crippen molar-refractivity contribution in [3.05, 3.63) is 38.9 Å². The molecule has 2 aromatic heterocycles. The van der Waals surface area contributed by atoms with Crippen LogP contribution in [0.3, 0.4) is 0 Å². The Kier molecular flexibility index (Phi) is 5.99. The third kappa shape index (κ3) is 4.09. The summed E-state index contributed by atoms with van der Waals surface area (Å²) >= 11 is 8.27. The summed E-state index contributed by atoms with van der Waals surface area (Å²) in [5, 5.41) is 1.85. The molecular formula is C18H20ClN3O4S3. The van der Waals surface area contributed by atoms with E-state index in [1.165, 1.54) is 21.7 Å². The number of amides is 2. The Bertz CT molecular complexity index is 997. The van der Waals surface area contributed by atoms with Crippen LogP contribution in [0.4, 0.5) is 0 Å². The van der Waals surface area contributed by atoms with Gasteiger partial charge in [-0.3, -0.25) is 9.59 Å². The number of sulfonamides is 1. The Morgan fingerprint density at radius 3 is 2.45 bits per heavy atom. The number of hydrogen-bond acceptors (Lipinski definition) is 6. The van der Waals surface area contributed by atoms with E-state index < -0.39 is 16.1 Å². The van der Waals surface area contributed by atoms with E-state index in [-0.39, 0.29) is 29.1 Å². The fraction of sp³-hybridized carbons (Fsp3) is 0.444. The standard InChI is InChI=1S/C18H20ClN3O4S3/c19-15-5-6-16(28-15)29(25,26)21-10-8-20(9-11-21)17(23)13-3-1-7-22(13)18(24)14-4-2-12-27-14/h2,4-6,12-13H,1,3,7-11H2/t13-/m0/s1. The average Bonchev–Trinajstić information content (AvgIpc) is 3.48. The van der Waals surface area contributed by atoms with Crippen molar-refractivity contribution in [3.63, 3.8) is 0 Å². The summed E-state index contributed by atoms with van der Waals surface area (Å²) in [5.41, 5.74) is 0. The highest BCUT2D eigenvalue weighted by Gasteiger charge is 2.39. The number of likely N-dealkylation sites (tertiary alicyclic amines) is 1. The molecule has 0 aliphatic carbocycles. The number of rotatable bonds is 4. The van der Waals surface area contributed by atoms with Crippen molar-refractivity contribution < 1.29 is 18.0 Å². The van der Waals surface area contributed by atoms with Gasteiger partial charge in [0.25, 0.3) is 15.9 Å². The number of thiophene rings is 2. The van der Waals surface area contributed by atoms with E-state index in [0.717, 1.165) is 17.8 Å². The molecule has 0 spiro atoms. The van der Waals surface area contributed by atoms with Gasteiger partial charge < -0.3 is 9.80 Å². The average molecular weight is 474 g/mol. The number of halogens is 1. The number of carbonyl (C=O) groups excluding carboxylic acids is 2. The second kappa shape index (κ2) is 8.35. The summed E-state index contributed by atoms with van der Waals surface area (Å²) in [6, 6.07) is 6.20. The number of carbonyl (C=O) groups is 2. The van der Waals surface area contributed by atoms with Crippen LogP contribution in [-0.4, -0.2) is 73.1 Å². The molecule has 0 N–H and O–H groups in total. The molecule has 0 saturated carbocycles. The summed E-state index contributed by atoms with van der Waals surface area (Å²) in [6.07, 6.45) is 1.43. The minimum absolute atomic E-state index is 0.0939. The fourth-order valence-electron chi connectivity index (χ4n) is 3.73. The lowest BCUT2D eigenvalue weighted by molar-refractivity contribution is -0.136. The van der Waals surface area contributed by atoms with Crippen LogP contribution >= 0.6 is 34.3 Å². The van der Waals surface area contributed by atoms with Crippen LogP contribution in [0.25, 0.3) is 0 Å². The van der Waals surface area contributed by atoms with Crippen molar-refractivity contribution >= 4 is 56.1 Å². The van der Waals surface area contributed by atoms with Gasteiger partial charge in [-0.25, -0.2) is 8.42 Å². The van der Waals surface area contributed by atoms with Gasteiger partial charge in [-0.1, -0.05) is 17.7 Å². The first-order valence-electron chi connectivity index (χ1n) is 9.26.